The molecule has 0 amide bonds. The van der Waals surface area contributed by atoms with E-state index in [1.807, 2.05) is 18.2 Å². The fraction of sp³-hybridized carbons (Fsp3) is 0.0345. The number of hydrogen-bond acceptors (Lipinski definition) is 4. The smallest absolute Gasteiger partial charge is 0.159 e. The molecule has 9 aromatic carbocycles. The predicted molar refractivity (Wildman–Crippen MR) is 257 cm³/mol. The average molecular weight is 796 g/mol. The minimum absolute atomic E-state index is 0.830. The van der Waals surface area contributed by atoms with E-state index in [0.29, 0.717) is 0 Å². The van der Waals surface area contributed by atoms with Gasteiger partial charge in [-0.2, -0.15) is 0 Å². The zero-order valence-electron chi connectivity index (χ0n) is 33.6. The molecule has 0 saturated heterocycles. The molecule has 0 N–H and O–H groups in total. The van der Waals surface area contributed by atoms with Crippen LogP contribution in [0.4, 0.5) is 11.4 Å². The molecule has 0 radical (unpaired) electrons. The van der Waals surface area contributed by atoms with Gasteiger partial charge in [0.1, 0.15) is 27.9 Å². The largest absolute Gasteiger partial charge is 0.456 e. The van der Waals surface area contributed by atoms with Crippen LogP contribution in [0.1, 0.15) is 18.4 Å². The highest BCUT2D eigenvalue weighted by molar-refractivity contribution is 6.20. The Morgan fingerprint density at radius 2 is 0.952 bits per heavy atom. The summed E-state index contributed by atoms with van der Waals surface area (Å²) in [5.41, 5.74) is 15.7. The Bertz CT molecular complexity index is 3800. The number of nitrogens with zero attached hydrogens (tertiary/aromatic N) is 1. The Balaban J connectivity index is 0.936. The first-order valence-electron chi connectivity index (χ1n) is 21.3. The molecule has 0 unspecified atom stereocenters. The fourth-order valence-electron chi connectivity index (χ4n) is 9.84. The third-order valence-electron chi connectivity index (χ3n) is 12.8. The number of fused-ring (bicyclic) bond motifs is 11. The maximum absolute atomic E-state index is 6.99. The summed E-state index contributed by atoms with van der Waals surface area (Å²) >= 11 is 0. The molecule has 62 heavy (non-hydrogen) atoms. The number of allylic oxidation sites excluding steroid dienone is 4. The van der Waals surface area contributed by atoms with E-state index in [2.05, 4.69) is 187 Å². The van der Waals surface area contributed by atoms with E-state index in [-0.39, 0.29) is 0 Å². The Hall–Kier alpha value is -8.08. The molecule has 292 valence electrons. The lowest BCUT2D eigenvalue weighted by molar-refractivity contribution is 0.668. The molecule has 3 aromatic heterocycles. The average Bonchev–Trinajstić information content (AvgIpc) is 4.04. The number of hydrogen-bond donors (Lipinski definition) is 0. The maximum Gasteiger partial charge on any atom is 0.159 e. The van der Waals surface area contributed by atoms with E-state index >= 15 is 0 Å². The first-order chi connectivity index (χ1) is 30.7. The Morgan fingerprint density at radius 1 is 0.339 bits per heavy atom. The van der Waals surface area contributed by atoms with Gasteiger partial charge in [-0.1, -0.05) is 146 Å². The van der Waals surface area contributed by atoms with Crippen LogP contribution < -0.4 is 4.90 Å². The molecule has 0 aliphatic heterocycles. The van der Waals surface area contributed by atoms with Gasteiger partial charge < -0.3 is 18.2 Å². The van der Waals surface area contributed by atoms with Crippen molar-refractivity contribution in [3.05, 3.63) is 211 Å². The quantitative estimate of drug-likeness (QED) is 0.168. The summed E-state index contributed by atoms with van der Waals surface area (Å²) in [6.45, 7) is 0. The van der Waals surface area contributed by atoms with E-state index in [4.69, 9.17) is 13.3 Å². The van der Waals surface area contributed by atoms with E-state index in [0.717, 1.165) is 117 Å². The number of rotatable bonds is 6. The van der Waals surface area contributed by atoms with E-state index in [1.54, 1.807) is 0 Å². The number of furan rings is 3. The normalized spacial score (nSPS) is 13.2. The second kappa shape index (κ2) is 13.7. The molecular formula is C58H37NO3. The lowest BCUT2D eigenvalue weighted by Crippen LogP contribution is -2.18. The summed E-state index contributed by atoms with van der Waals surface area (Å²) in [4.78, 5) is 2.38. The summed E-state index contributed by atoms with van der Waals surface area (Å²) < 4.78 is 20.0. The topological polar surface area (TPSA) is 42.7 Å². The number of para-hydroxylation sites is 4. The Labute approximate surface area is 356 Å². The standard InChI is InChI=1S/C58H37NO3/c1-2-12-36(13-3-1)37-24-29-40(30-25-37)59(52-21-11-20-48-45-16-7-9-23-54(45)61-58(48)52)41-31-26-38(27-32-41)42-18-10-19-49-51-35-50(43-14-4-5-17-47(43)57(51)62-56(42)49)39-28-33-46-44-15-6-8-22-53(44)60-55(46)34-39/h1-26,28-31,33-35H,27,32H2. The number of benzene rings is 9. The molecule has 0 spiro atoms. The monoisotopic (exact) mass is 795 g/mol. The maximum atomic E-state index is 6.99. The van der Waals surface area contributed by atoms with Crippen LogP contribution in [0.15, 0.2) is 219 Å². The third kappa shape index (κ3) is 5.40. The molecule has 12 aromatic rings. The van der Waals surface area contributed by atoms with Gasteiger partial charge in [-0.25, -0.2) is 0 Å². The van der Waals surface area contributed by atoms with E-state index in [9.17, 15) is 0 Å². The van der Waals surface area contributed by atoms with Crippen LogP contribution in [0.2, 0.25) is 0 Å². The summed E-state index contributed by atoms with van der Waals surface area (Å²) in [6, 6.07) is 66.6. The van der Waals surface area contributed by atoms with E-state index in [1.165, 1.54) is 22.4 Å². The highest BCUT2D eigenvalue weighted by atomic mass is 16.3. The fourth-order valence-corrected chi connectivity index (χ4v) is 9.84. The van der Waals surface area contributed by atoms with Gasteiger partial charge in [-0.3, -0.25) is 0 Å². The SMILES string of the molecule is C1=C(c2cccc3c2oc2c4ccccc4c(-c4ccc5c(c4)oc4ccccc45)cc32)CCC(N(c2ccc(-c3ccccc3)cc2)c2cccc3c2oc2ccccc23)=C1. The summed E-state index contributed by atoms with van der Waals surface area (Å²) in [6.07, 6.45) is 6.25. The van der Waals surface area contributed by atoms with Crippen molar-refractivity contribution < 1.29 is 13.3 Å². The molecule has 1 aliphatic rings. The van der Waals surface area contributed by atoms with Crippen molar-refractivity contribution in [1.29, 1.82) is 0 Å². The van der Waals surface area contributed by atoms with Crippen LogP contribution in [0.25, 0.3) is 104 Å². The Morgan fingerprint density at radius 3 is 1.74 bits per heavy atom. The van der Waals surface area contributed by atoms with E-state index < -0.39 is 0 Å². The first kappa shape index (κ1) is 34.8. The van der Waals surface area contributed by atoms with Crippen LogP contribution in [0, 0.1) is 0 Å². The van der Waals surface area contributed by atoms with Crippen LogP contribution in [0.3, 0.4) is 0 Å². The molecule has 0 fully saturated rings. The lowest BCUT2D eigenvalue weighted by atomic mass is 9.92. The third-order valence-corrected chi connectivity index (χ3v) is 12.8. The van der Waals surface area contributed by atoms with Crippen molar-refractivity contribution in [3.8, 4) is 22.3 Å². The molecule has 4 nitrogen and oxygen atoms in total. The Kier molecular flexibility index (Phi) is 7.70. The second-order valence-corrected chi connectivity index (χ2v) is 16.3. The van der Waals surface area contributed by atoms with Crippen LogP contribution in [0.5, 0.6) is 0 Å². The number of anilines is 2. The van der Waals surface area contributed by atoms with Crippen molar-refractivity contribution in [2.24, 2.45) is 0 Å². The molecular weight excluding hydrogens is 759 g/mol. The molecule has 0 atom stereocenters. The molecule has 1 aliphatic carbocycles. The highest BCUT2D eigenvalue weighted by Gasteiger charge is 2.24. The first-order valence-corrected chi connectivity index (χ1v) is 21.3. The van der Waals surface area contributed by atoms with Crippen molar-refractivity contribution in [2.75, 3.05) is 4.90 Å². The minimum Gasteiger partial charge on any atom is -0.456 e. The second-order valence-electron chi connectivity index (χ2n) is 16.3. The lowest BCUT2D eigenvalue weighted by Gasteiger charge is -2.30. The van der Waals surface area contributed by atoms with Gasteiger partial charge in [0.15, 0.2) is 5.58 Å². The van der Waals surface area contributed by atoms with Crippen LogP contribution >= 0.6 is 0 Å². The van der Waals surface area contributed by atoms with Gasteiger partial charge in [-0.15, -0.1) is 0 Å². The zero-order chi connectivity index (χ0) is 40.7. The summed E-state index contributed by atoms with van der Waals surface area (Å²) in [7, 11) is 0. The van der Waals surface area contributed by atoms with Crippen molar-refractivity contribution in [2.45, 2.75) is 12.8 Å². The summed E-state index contributed by atoms with van der Waals surface area (Å²) in [5.74, 6) is 0. The molecule has 13 rings (SSSR count). The van der Waals surface area contributed by atoms with Gasteiger partial charge in [0.2, 0.25) is 0 Å². The predicted octanol–water partition coefficient (Wildman–Crippen LogP) is 16.8. The zero-order valence-corrected chi connectivity index (χ0v) is 33.6. The molecule has 3 heterocycles. The molecule has 0 saturated carbocycles. The highest BCUT2D eigenvalue weighted by Crippen LogP contribution is 2.46. The van der Waals surface area contributed by atoms with Crippen molar-refractivity contribution in [1.82, 2.24) is 0 Å². The summed E-state index contributed by atoms with van der Waals surface area (Å²) in [5, 5.41) is 8.96. The van der Waals surface area contributed by atoms with Crippen molar-refractivity contribution in [3.63, 3.8) is 0 Å². The van der Waals surface area contributed by atoms with Gasteiger partial charge in [0.25, 0.3) is 0 Å². The van der Waals surface area contributed by atoms with Crippen LogP contribution in [-0.4, -0.2) is 0 Å². The van der Waals surface area contributed by atoms with Gasteiger partial charge in [0, 0.05) is 54.7 Å². The van der Waals surface area contributed by atoms with Gasteiger partial charge in [0.05, 0.1) is 5.69 Å². The molecule has 0 bridgehead atoms. The molecule has 4 heteroatoms. The van der Waals surface area contributed by atoms with Gasteiger partial charge in [-0.05, 0) is 101 Å². The van der Waals surface area contributed by atoms with Crippen molar-refractivity contribution >= 4 is 93.5 Å². The van der Waals surface area contributed by atoms with Gasteiger partial charge >= 0.3 is 0 Å². The minimum atomic E-state index is 0.830. The van der Waals surface area contributed by atoms with Crippen LogP contribution in [-0.2, 0) is 0 Å².